The quantitative estimate of drug-likeness (QED) is 0.775. The van der Waals surface area contributed by atoms with E-state index in [-0.39, 0.29) is 12.4 Å². The minimum absolute atomic E-state index is 0.0473. The Morgan fingerprint density at radius 3 is 2.94 bits per heavy atom. The van der Waals surface area contributed by atoms with Crippen molar-refractivity contribution in [3.8, 4) is 0 Å². The fourth-order valence-electron chi connectivity index (χ4n) is 1.72. The summed E-state index contributed by atoms with van der Waals surface area (Å²) in [4.78, 5) is 1.26. The summed E-state index contributed by atoms with van der Waals surface area (Å²) in [5, 5.41) is 12.0. The maximum Gasteiger partial charge on any atom is 0.182 e. The molecule has 1 atom stereocenters. The molecule has 0 saturated carbocycles. The number of anilines is 1. The van der Waals surface area contributed by atoms with Crippen LogP contribution in [0.1, 0.15) is 0 Å². The highest BCUT2D eigenvalue weighted by Crippen LogP contribution is 2.31. The smallest absolute Gasteiger partial charge is 0.182 e. The highest BCUT2D eigenvalue weighted by atomic mass is 32.2. The first-order valence-corrected chi connectivity index (χ1v) is 7.72. The molecule has 6 heteroatoms. The van der Waals surface area contributed by atoms with Gasteiger partial charge in [-0.1, -0.05) is 0 Å². The molecule has 2 N–H and O–H groups in total. The predicted octanol–water partition coefficient (Wildman–Crippen LogP) is 0.969. The lowest BCUT2D eigenvalue weighted by molar-refractivity contribution is 0.281. The molecule has 1 unspecified atom stereocenters. The van der Waals surface area contributed by atoms with Crippen LogP contribution in [0.3, 0.4) is 0 Å². The first-order valence-electron chi connectivity index (χ1n) is 4.85. The number of fused-ring (bicyclic) bond motifs is 1. The van der Waals surface area contributed by atoms with Gasteiger partial charge in [0.1, 0.15) is 0 Å². The molecule has 1 aromatic carbocycles. The number of hydrogen-bond donors (Lipinski definition) is 2. The summed E-state index contributed by atoms with van der Waals surface area (Å²) in [5.41, 5.74) is 0.586. The molecule has 2 rings (SSSR count). The van der Waals surface area contributed by atoms with Crippen LogP contribution in [0.5, 0.6) is 0 Å². The molecule has 1 heterocycles. The van der Waals surface area contributed by atoms with Gasteiger partial charge in [0, 0.05) is 4.90 Å². The molecule has 0 radical (unpaired) electrons. The molecule has 16 heavy (non-hydrogen) atoms. The normalized spacial score (nSPS) is 22.2. The Bertz CT molecular complexity index is 499. The number of rotatable bonds is 2. The molecular weight excluding hydrogens is 246 g/mol. The lowest BCUT2D eigenvalue weighted by Crippen LogP contribution is -2.36. The Morgan fingerprint density at radius 2 is 2.31 bits per heavy atom. The molecule has 88 valence electrons. The molecule has 1 aromatic rings. The number of hydrogen-bond acceptors (Lipinski definition) is 5. The predicted molar refractivity (Wildman–Crippen MR) is 64.8 cm³/mol. The van der Waals surface area contributed by atoms with Gasteiger partial charge in [0.2, 0.25) is 0 Å². The molecule has 4 nitrogen and oxygen atoms in total. The highest BCUT2D eigenvalue weighted by molar-refractivity contribution is 7.98. The first kappa shape index (κ1) is 11.8. The van der Waals surface area contributed by atoms with Crippen molar-refractivity contribution in [3.63, 3.8) is 0 Å². The van der Waals surface area contributed by atoms with Crippen LogP contribution in [-0.2, 0) is 9.84 Å². The van der Waals surface area contributed by atoms with Gasteiger partial charge in [-0.15, -0.1) is 11.8 Å². The summed E-state index contributed by atoms with van der Waals surface area (Å²) in [5.74, 6) is -0.0473. The summed E-state index contributed by atoms with van der Waals surface area (Å²) in [7, 11) is -3.27. The van der Waals surface area contributed by atoms with Gasteiger partial charge in [-0.2, -0.15) is 0 Å². The van der Waals surface area contributed by atoms with E-state index in [1.807, 2.05) is 12.3 Å². The van der Waals surface area contributed by atoms with Crippen LogP contribution in [0, 0.1) is 0 Å². The molecular formula is C10H13NO3S2. The van der Waals surface area contributed by atoms with E-state index >= 15 is 0 Å². The van der Waals surface area contributed by atoms with Crippen molar-refractivity contribution in [1.29, 1.82) is 0 Å². The number of sulfone groups is 1. The number of benzene rings is 1. The number of aliphatic hydroxyl groups excluding tert-OH is 1. The molecule has 0 aliphatic carbocycles. The third kappa shape index (κ3) is 2.05. The van der Waals surface area contributed by atoms with E-state index in [2.05, 4.69) is 5.32 Å². The van der Waals surface area contributed by atoms with Crippen molar-refractivity contribution in [3.05, 3.63) is 18.2 Å². The molecule has 0 bridgehead atoms. The van der Waals surface area contributed by atoms with Gasteiger partial charge in [0.25, 0.3) is 0 Å². The molecule has 0 spiro atoms. The molecule has 0 aromatic heterocycles. The zero-order valence-corrected chi connectivity index (χ0v) is 10.4. The minimum atomic E-state index is -3.27. The summed E-state index contributed by atoms with van der Waals surface area (Å²) in [6, 6.07) is 4.89. The van der Waals surface area contributed by atoms with Gasteiger partial charge in [0.15, 0.2) is 9.84 Å². The number of thioether (sulfide) groups is 1. The Morgan fingerprint density at radius 1 is 1.56 bits per heavy atom. The number of nitrogens with one attached hydrogen (secondary N) is 1. The third-order valence-electron chi connectivity index (χ3n) is 2.52. The van der Waals surface area contributed by atoms with Crippen LogP contribution in [0.15, 0.2) is 28.0 Å². The van der Waals surface area contributed by atoms with Crippen LogP contribution in [0.25, 0.3) is 0 Å². The van der Waals surface area contributed by atoms with Crippen molar-refractivity contribution < 1.29 is 13.5 Å². The summed E-state index contributed by atoms with van der Waals surface area (Å²) in [6.07, 6.45) is 1.90. The monoisotopic (exact) mass is 259 g/mol. The summed E-state index contributed by atoms with van der Waals surface area (Å²) in [6.45, 7) is -0.178. The van der Waals surface area contributed by atoms with Gasteiger partial charge >= 0.3 is 0 Å². The topological polar surface area (TPSA) is 66.4 Å². The van der Waals surface area contributed by atoms with Gasteiger partial charge < -0.3 is 10.4 Å². The molecule has 0 fully saturated rings. The van der Waals surface area contributed by atoms with Crippen molar-refractivity contribution in [1.82, 2.24) is 0 Å². The van der Waals surface area contributed by atoms with Gasteiger partial charge in [-0.3, -0.25) is 0 Å². The Kier molecular flexibility index (Phi) is 3.14. The fourth-order valence-corrected chi connectivity index (χ4v) is 3.90. The second-order valence-electron chi connectivity index (χ2n) is 3.67. The second kappa shape index (κ2) is 4.27. The van der Waals surface area contributed by atoms with Gasteiger partial charge in [0.05, 0.1) is 29.0 Å². The zero-order valence-electron chi connectivity index (χ0n) is 8.80. The van der Waals surface area contributed by atoms with E-state index in [1.54, 1.807) is 12.1 Å². The van der Waals surface area contributed by atoms with Crippen molar-refractivity contribution in [2.24, 2.45) is 0 Å². The lowest BCUT2D eigenvalue weighted by Gasteiger charge is -2.25. The van der Waals surface area contributed by atoms with E-state index in [9.17, 15) is 8.42 Å². The minimum Gasteiger partial charge on any atom is -0.394 e. The molecule has 1 aliphatic heterocycles. The van der Waals surface area contributed by atoms with E-state index < -0.39 is 15.9 Å². The Balaban J connectivity index is 2.52. The van der Waals surface area contributed by atoms with Crippen LogP contribution in [0.4, 0.5) is 5.69 Å². The van der Waals surface area contributed by atoms with Crippen LogP contribution >= 0.6 is 11.8 Å². The summed E-state index contributed by atoms with van der Waals surface area (Å²) < 4.78 is 23.9. The molecule has 0 saturated heterocycles. The van der Waals surface area contributed by atoms with E-state index in [0.29, 0.717) is 10.6 Å². The maximum atomic E-state index is 12.0. The van der Waals surface area contributed by atoms with E-state index in [4.69, 9.17) is 5.11 Å². The standard InChI is InChI=1S/C10H13NO3S2/c1-15-8-2-3-9-10(4-8)16(13,14)6-7(5-12)11-9/h2-4,7,11-12H,5-6H2,1H3. The largest absolute Gasteiger partial charge is 0.394 e. The average molecular weight is 259 g/mol. The fraction of sp³-hybridized carbons (Fsp3) is 0.400. The Hall–Kier alpha value is -0.720. The van der Waals surface area contributed by atoms with Crippen LogP contribution in [-0.4, -0.2) is 38.2 Å². The van der Waals surface area contributed by atoms with Crippen LogP contribution < -0.4 is 5.32 Å². The lowest BCUT2D eigenvalue weighted by atomic mass is 10.2. The Labute approximate surface area is 99.0 Å². The molecule has 0 amide bonds. The van der Waals surface area contributed by atoms with E-state index in [0.717, 1.165) is 4.90 Å². The van der Waals surface area contributed by atoms with Gasteiger partial charge in [-0.25, -0.2) is 8.42 Å². The SMILES string of the molecule is CSc1ccc2c(c1)S(=O)(=O)CC(CO)N2. The average Bonchev–Trinajstić information content (AvgIpc) is 2.27. The van der Waals surface area contributed by atoms with Crippen LogP contribution in [0.2, 0.25) is 0 Å². The van der Waals surface area contributed by atoms with E-state index in [1.165, 1.54) is 11.8 Å². The van der Waals surface area contributed by atoms with Gasteiger partial charge in [-0.05, 0) is 24.5 Å². The molecule has 1 aliphatic rings. The summed E-state index contributed by atoms with van der Waals surface area (Å²) >= 11 is 1.51. The van der Waals surface area contributed by atoms with Crippen molar-refractivity contribution in [2.45, 2.75) is 15.8 Å². The highest BCUT2D eigenvalue weighted by Gasteiger charge is 2.29. The first-order chi connectivity index (χ1) is 7.56. The third-order valence-corrected chi connectivity index (χ3v) is 5.10. The zero-order chi connectivity index (χ0) is 11.8. The maximum absolute atomic E-state index is 12.0. The van der Waals surface area contributed by atoms with Crippen molar-refractivity contribution in [2.75, 3.05) is 23.9 Å². The second-order valence-corrected chi connectivity index (χ2v) is 6.55. The number of aliphatic hydroxyl groups is 1. The van der Waals surface area contributed by atoms with Crippen molar-refractivity contribution >= 4 is 27.3 Å².